The molecule has 0 spiro atoms. The summed E-state index contributed by atoms with van der Waals surface area (Å²) in [6, 6.07) is 10.9. The molecule has 0 fully saturated rings. The lowest BCUT2D eigenvalue weighted by Gasteiger charge is -2.24. The molecule has 4 rings (SSSR count). The molecule has 1 aliphatic carbocycles. The fourth-order valence-electron chi connectivity index (χ4n) is 3.53. The Balaban J connectivity index is 0.00000182. The molecule has 1 aliphatic rings. The minimum absolute atomic E-state index is 0. The van der Waals surface area contributed by atoms with E-state index in [1.807, 2.05) is 17.9 Å². The van der Waals surface area contributed by atoms with Crippen molar-refractivity contribution in [3.63, 3.8) is 0 Å². The molecule has 3 aromatic rings. The van der Waals surface area contributed by atoms with E-state index in [2.05, 4.69) is 62.9 Å². The van der Waals surface area contributed by atoms with Gasteiger partial charge in [0.1, 0.15) is 0 Å². The predicted molar refractivity (Wildman–Crippen MR) is 101 cm³/mol. The first-order chi connectivity index (χ1) is 11.8. The Morgan fingerprint density at radius 2 is 1.96 bits per heavy atom. The van der Waals surface area contributed by atoms with Gasteiger partial charge in [-0.1, -0.05) is 30.3 Å². The molecule has 5 nitrogen and oxygen atoms in total. The number of rotatable bonds is 5. The summed E-state index contributed by atoms with van der Waals surface area (Å²) in [5.74, 6) is 0. The van der Waals surface area contributed by atoms with Gasteiger partial charge in [-0.15, -0.1) is 12.4 Å². The Bertz CT molecular complexity index is 808. The smallest absolute Gasteiger partial charge is 0.0662 e. The van der Waals surface area contributed by atoms with Gasteiger partial charge in [0.2, 0.25) is 0 Å². The van der Waals surface area contributed by atoms with Crippen LogP contribution in [0.25, 0.3) is 0 Å². The molecule has 25 heavy (non-hydrogen) atoms. The van der Waals surface area contributed by atoms with Gasteiger partial charge in [0.05, 0.1) is 18.9 Å². The number of hydrogen-bond donors (Lipinski definition) is 1. The average Bonchev–Trinajstić information content (AvgIpc) is 3.21. The maximum absolute atomic E-state index is 4.66. The third-order valence-electron chi connectivity index (χ3n) is 4.75. The second kappa shape index (κ2) is 7.85. The predicted octanol–water partition coefficient (Wildman–Crippen LogP) is 3.25. The van der Waals surface area contributed by atoms with E-state index in [1.54, 1.807) is 0 Å². The maximum Gasteiger partial charge on any atom is 0.0662 e. The monoisotopic (exact) mass is 357 g/mol. The van der Waals surface area contributed by atoms with Crippen molar-refractivity contribution in [2.24, 2.45) is 7.05 Å². The lowest BCUT2D eigenvalue weighted by Crippen LogP contribution is -2.25. The molecule has 1 atom stereocenters. The van der Waals surface area contributed by atoms with Crippen molar-refractivity contribution in [3.8, 4) is 0 Å². The van der Waals surface area contributed by atoms with Crippen molar-refractivity contribution in [1.82, 2.24) is 24.9 Å². The van der Waals surface area contributed by atoms with E-state index in [9.17, 15) is 0 Å². The summed E-state index contributed by atoms with van der Waals surface area (Å²) in [7, 11) is 1.95. The molecule has 0 saturated heterocycles. The Morgan fingerprint density at radius 3 is 2.72 bits per heavy atom. The Morgan fingerprint density at radius 1 is 1.12 bits per heavy atom. The average molecular weight is 358 g/mol. The number of fused-ring (bicyclic) bond motifs is 1. The van der Waals surface area contributed by atoms with Crippen molar-refractivity contribution in [2.45, 2.75) is 38.4 Å². The molecular formula is C19H24ClN5. The first-order valence-corrected chi connectivity index (χ1v) is 8.59. The topological polar surface area (TPSA) is 47.7 Å². The van der Waals surface area contributed by atoms with E-state index < -0.39 is 0 Å². The number of aryl methyl sites for hydroxylation is 1. The summed E-state index contributed by atoms with van der Waals surface area (Å²) < 4.78 is 4.02. The third kappa shape index (κ3) is 3.94. The zero-order chi connectivity index (χ0) is 16.4. The highest BCUT2D eigenvalue weighted by atomic mass is 35.5. The van der Waals surface area contributed by atoms with Gasteiger partial charge in [-0.2, -0.15) is 10.2 Å². The minimum Gasteiger partial charge on any atom is -0.306 e. The summed E-state index contributed by atoms with van der Waals surface area (Å²) in [5, 5.41) is 12.6. The standard InChI is InChI=1S/C19H23N5.ClH/c1-23-13-16(11-21-23)10-20-18-8-5-9-19-17(18)12-22-24(19)14-15-6-3-2-4-7-15;/h2-4,6-7,11-13,18,20H,5,8-10,14H2,1H3;1H. The summed E-state index contributed by atoms with van der Waals surface area (Å²) in [5.41, 5.74) is 5.27. The van der Waals surface area contributed by atoms with Gasteiger partial charge in [0, 0.05) is 42.7 Å². The summed E-state index contributed by atoms with van der Waals surface area (Å²) in [6.45, 7) is 1.70. The first-order valence-electron chi connectivity index (χ1n) is 8.59. The molecular weight excluding hydrogens is 334 g/mol. The van der Waals surface area contributed by atoms with Gasteiger partial charge >= 0.3 is 0 Å². The number of benzene rings is 1. The highest BCUT2D eigenvalue weighted by Crippen LogP contribution is 2.30. The van der Waals surface area contributed by atoms with Crippen molar-refractivity contribution >= 4 is 12.4 Å². The highest BCUT2D eigenvalue weighted by molar-refractivity contribution is 5.85. The van der Waals surface area contributed by atoms with Crippen LogP contribution >= 0.6 is 12.4 Å². The number of nitrogens with zero attached hydrogens (tertiary/aromatic N) is 4. The maximum atomic E-state index is 4.66. The SMILES string of the molecule is Cl.Cn1cc(CNC2CCCc3c2cnn3Cc2ccccc2)cn1. The van der Waals surface area contributed by atoms with E-state index >= 15 is 0 Å². The fourth-order valence-corrected chi connectivity index (χ4v) is 3.53. The minimum atomic E-state index is 0. The normalized spacial score (nSPS) is 16.3. The van der Waals surface area contributed by atoms with Gasteiger partial charge in [0.25, 0.3) is 0 Å². The van der Waals surface area contributed by atoms with Crippen LogP contribution in [0.1, 0.15) is 41.3 Å². The second-order valence-corrected chi connectivity index (χ2v) is 6.54. The van der Waals surface area contributed by atoms with E-state index in [4.69, 9.17) is 0 Å². The molecule has 0 saturated carbocycles. The number of halogens is 1. The Labute approximate surface area is 154 Å². The lowest BCUT2D eigenvalue weighted by molar-refractivity contribution is 0.449. The molecule has 1 unspecified atom stereocenters. The summed E-state index contributed by atoms with van der Waals surface area (Å²) in [6.07, 6.45) is 9.54. The molecule has 0 aliphatic heterocycles. The van der Waals surface area contributed by atoms with Gasteiger partial charge in [-0.25, -0.2) is 0 Å². The Hall–Kier alpha value is -2.11. The number of nitrogens with one attached hydrogen (secondary N) is 1. The molecule has 1 N–H and O–H groups in total. The molecule has 1 aromatic carbocycles. The quantitative estimate of drug-likeness (QED) is 0.762. The van der Waals surface area contributed by atoms with Crippen LogP contribution in [0.15, 0.2) is 48.9 Å². The molecule has 6 heteroatoms. The molecule has 0 amide bonds. The van der Waals surface area contributed by atoms with Crippen LogP contribution in [0, 0.1) is 0 Å². The van der Waals surface area contributed by atoms with Gasteiger partial charge in [0.15, 0.2) is 0 Å². The van der Waals surface area contributed by atoms with E-state index in [0.29, 0.717) is 6.04 Å². The fraction of sp³-hybridized carbons (Fsp3) is 0.368. The number of aromatic nitrogens is 4. The van der Waals surface area contributed by atoms with Gasteiger partial charge in [-0.3, -0.25) is 9.36 Å². The largest absolute Gasteiger partial charge is 0.306 e. The van der Waals surface area contributed by atoms with Crippen molar-refractivity contribution in [1.29, 1.82) is 0 Å². The van der Waals surface area contributed by atoms with Crippen LogP contribution in [0.3, 0.4) is 0 Å². The third-order valence-corrected chi connectivity index (χ3v) is 4.75. The van der Waals surface area contributed by atoms with Crippen molar-refractivity contribution in [3.05, 3.63) is 71.3 Å². The summed E-state index contributed by atoms with van der Waals surface area (Å²) in [4.78, 5) is 0. The highest BCUT2D eigenvalue weighted by Gasteiger charge is 2.24. The zero-order valence-corrected chi connectivity index (χ0v) is 15.2. The lowest BCUT2D eigenvalue weighted by atomic mass is 9.93. The summed E-state index contributed by atoms with van der Waals surface area (Å²) >= 11 is 0. The molecule has 132 valence electrons. The van der Waals surface area contributed by atoms with Gasteiger partial charge < -0.3 is 5.32 Å². The van der Waals surface area contributed by atoms with Crippen LogP contribution in [-0.2, 0) is 26.6 Å². The van der Waals surface area contributed by atoms with Crippen LogP contribution < -0.4 is 5.32 Å². The van der Waals surface area contributed by atoms with E-state index in [1.165, 1.54) is 35.2 Å². The van der Waals surface area contributed by atoms with Crippen LogP contribution in [0.5, 0.6) is 0 Å². The van der Waals surface area contributed by atoms with E-state index in [0.717, 1.165) is 19.5 Å². The van der Waals surface area contributed by atoms with Gasteiger partial charge in [-0.05, 0) is 24.8 Å². The second-order valence-electron chi connectivity index (χ2n) is 6.54. The molecule has 0 bridgehead atoms. The molecule has 2 aromatic heterocycles. The molecule has 0 radical (unpaired) electrons. The van der Waals surface area contributed by atoms with Crippen molar-refractivity contribution in [2.75, 3.05) is 0 Å². The molecule has 2 heterocycles. The van der Waals surface area contributed by atoms with Crippen LogP contribution in [0.2, 0.25) is 0 Å². The van der Waals surface area contributed by atoms with Crippen molar-refractivity contribution < 1.29 is 0 Å². The first kappa shape index (κ1) is 17.7. The van der Waals surface area contributed by atoms with Crippen LogP contribution in [-0.4, -0.2) is 19.6 Å². The van der Waals surface area contributed by atoms with E-state index in [-0.39, 0.29) is 12.4 Å². The van der Waals surface area contributed by atoms with Crippen LogP contribution in [0.4, 0.5) is 0 Å². The Kier molecular flexibility index (Phi) is 5.56. The zero-order valence-electron chi connectivity index (χ0n) is 14.4. The number of hydrogen-bond acceptors (Lipinski definition) is 3.